The molecule has 216 valence electrons. The van der Waals surface area contributed by atoms with E-state index in [1.165, 1.54) is 0 Å². The minimum absolute atomic E-state index is 0.0392. The van der Waals surface area contributed by atoms with Gasteiger partial charge in [-0.1, -0.05) is 30.3 Å². The van der Waals surface area contributed by atoms with Crippen molar-refractivity contribution in [1.82, 2.24) is 16.0 Å². The number of aliphatic carboxylic acids is 2. The molecule has 1 rings (SSSR count). The van der Waals surface area contributed by atoms with Gasteiger partial charge < -0.3 is 43.4 Å². The molecule has 14 heteroatoms. The van der Waals surface area contributed by atoms with Crippen molar-refractivity contribution in [2.75, 3.05) is 6.54 Å². The quantitative estimate of drug-likeness (QED) is 0.0910. The number of carboxylic acid groups (broad SMARTS) is 2. The number of carboxylic acids is 2. The fourth-order valence-corrected chi connectivity index (χ4v) is 3.60. The highest BCUT2D eigenvalue weighted by atomic mass is 16.4. The van der Waals surface area contributed by atoms with Crippen molar-refractivity contribution in [3.8, 4) is 0 Å². The van der Waals surface area contributed by atoms with Crippen molar-refractivity contribution in [3.63, 3.8) is 0 Å². The van der Waals surface area contributed by atoms with Gasteiger partial charge in [-0.3, -0.25) is 24.0 Å². The van der Waals surface area contributed by atoms with Crippen LogP contribution in [0, 0.1) is 0 Å². The zero-order chi connectivity index (χ0) is 29.4. The number of unbranched alkanes of at least 4 members (excludes halogenated alkanes) is 1. The lowest BCUT2D eigenvalue weighted by Crippen LogP contribution is -2.57. The Labute approximate surface area is 226 Å². The zero-order valence-electron chi connectivity index (χ0n) is 21.6. The first kappa shape index (κ1) is 33.0. The Morgan fingerprint density at radius 3 is 1.85 bits per heavy atom. The minimum atomic E-state index is -1.40. The van der Waals surface area contributed by atoms with Gasteiger partial charge in [-0.25, -0.2) is 4.79 Å². The van der Waals surface area contributed by atoms with E-state index in [-0.39, 0.29) is 32.1 Å². The summed E-state index contributed by atoms with van der Waals surface area (Å²) in [5, 5.41) is 26.0. The number of hydrogen-bond donors (Lipinski definition) is 8. The lowest BCUT2D eigenvalue weighted by molar-refractivity contribution is -0.143. The van der Waals surface area contributed by atoms with Gasteiger partial charge >= 0.3 is 11.9 Å². The predicted octanol–water partition coefficient (Wildman–Crippen LogP) is -1.65. The largest absolute Gasteiger partial charge is 0.481 e. The molecular formula is C25H38N6O8. The SMILES string of the molecule is NCCCCC(NC(=O)C(N)CCC(N)=O)C(=O)NC(CCC(=O)O)C(=O)NC(Cc1ccccc1)C(=O)O. The molecule has 4 atom stereocenters. The van der Waals surface area contributed by atoms with Crippen LogP contribution < -0.4 is 33.2 Å². The standard InChI is InChI=1S/C25H38N6O8/c26-13-5-4-8-17(29-22(35)16(27)9-11-20(28)32)23(36)30-18(10-12-21(33)34)24(37)31-19(25(38)39)14-15-6-2-1-3-7-15/h1-3,6-7,16-19H,4-5,8-14,26-27H2,(H2,28,32)(H,29,35)(H,30,36)(H,31,37)(H,33,34)(H,38,39). The van der Waals surface area contributed by atoms with Crippen LogP contribution in [0.3, 0.4) is 0 Å². The van der Waals surface area contributed by atoms with Crippen molar-refractivity contribution in [1.29, 1.82) is 0 Å². The third kappa shape index (κ3) is 13.4. The van der Waals surface area contributed by atoms with Crippen molar-refractivity contribution in [2.24, 2.45) is 17.2 Å². The van der Waals surface area contributed by atoms with Gasteiger partial charge in [-0.2, -0.15) is 0 Å². The molecule has 14 nitrogen and oxygen atoms in total. The molecule has 4 amide bonds. The van der Waals surface area contributed by atoms with Crippen LogP contribution in [0.15, 0.2) is 30.3 Å². The lowest BCUT2D eigenvalue weighted by Gasteiger charge is -2.25. The summed E-state index contributed by atoms with van der Waals surface area (Å²) in [7, 11) is 0. The second kappa shape index (κ2) is 17.5. The predicted molar refractivity (Wildman–Crippen MR) is 140 cm³/mol. The van der Waals surface area contributed by atoms with E-state index in [0.29, 0.717) is 24.9 Å². The lowest BCUT2D eigenvalue weighted by atomic mass is 10.0. The average molecular weight is 551 g/mol. The Kier molecular flexibility index (Phi) is 14.8. The van der Waals surface area contributed by atoms with Crippen LogP contribution >= 0.6 is 0 Å². The van der Waals surface area contributed by atoms with E-state index < -0.39 is 66.2 Å². The number of amides is 4. The first-order valence-electron chi connectivity index (χ1n) is 12.6. The van der Waals surface area contributed by atoms with E-state index in [0.717, 1.165) is 0 Å². The molecule has 0 aliphatic carbocycles. The van der Waals surface area contributed by atoms with Crippen LogP contribution in [0.1, 0.15) is 50.5 Å². The normalized spacial score (nSPS) is 13.8. The van der Waals surface area contributed by atoms with Gasteiger partial charge in [-0.05, 0) is 44.2 Å². The Morgan fingerprint density at radius 1 is 0.744 bits per heavy atom. The number of rotatable bonds is 19. The molecule has 0 aromatic heterocycles. The second-order valence-electron chi connectivity index (χ2n) is 9.04. The van der Waals surface area contributed by atoms with E-state index >= 15 is 0 Å². The van der Waals surface area contributed by atoms with Crippen LogP contribution in [-0.2, 0) is 35.2 Å². The summed E-state index contributed by atoms with van der Waals surface area (Å²) in [5.41, 5.74) is 17.0. The number of carbonyl (C=O) groups excluding carboxylic acids is 4. The summed E-state index contributed by atoms with van der Waals surface area (Å²) in [6.07, 6.45) is 0.0807. The highest BCUT2D eigenvalue weighted by molar-refractivity contribution is 5.94. The van der Waals surface area contributed by atoms with Crippen LogP contribution in [0.25, 0.3) is 0 Å². The van der Waals surface area contributed by atoms with E-state index in [1.54, 1.807) is 30.3 Å². The third-order valence-electron chi connectivity index (χ3n) is 5.80. The third-order valence-corrected chi connectivity index (χ3v) is 5.80. The molecule has 4 unspecified atom stereocenters. The summed E-state index contributed by atoms with van der Waals surface area (Å²) in [4.78, 5) is 72.6. The van der Waals surface area contributed by atoms with Crippen LogP contribution in [0.5, 0.6) is 0 Å². The molecule has 0 spiro atoms. The van der Waals surface area contributed by atoms with Gasteiger partial charge in [0.05, 0.1) is 6.04 Å². The average Bonchev–Trinajstić information content (AvgIpc) is 2.88. The maximum absolute atomic E-state index is 13.1. The van der Waals surface area contributed by atoms with Crippen molar-refractivity contribution in [3.05, 3.63) is 35.9 Å². The molecule has 11 N–H and O–H groups in total. The smallest absolute Gasteiger partial charge is 0.326 e. The van der Waals surface area contributed by atoms with Crippen molar-refractivity contribution in [2.45, 2.75) is 75.5 Å². The Morgan fingerprint density at radius 2 is 1.31 bits per heavy atom. The summed E-state index contributed by atoms with van der Waals surface area (Å²) >= 11 is 0. The van der Waals surface area contributed by atoms with Crippen LogP contribution in [0.4, 0.5) is 0 Å². The number of primary amides is 1. The number of benzene rings is 1. The fourth-order valence-electron chi connectivity index (χ4n) is 3.60. The van der Waals surface area contributed by atoms with E-state index in [1.807, 2.05) is 0 Å². The second-order valence-corrected chi connectivity index (χ2v) is 9.04. The summed E-state index contributed by atoms with van der Waals surface area (Å²) in [6, 6.07) is 3.55. The maximum atomic E-state index is 13.1. The van der Waals surface area contributed by atoms with Crippen LogP contribution in [-0.4, -0.2) is 76.5 Å². The van der Waals surface area contributed by atoms with Crippen molar-refractivity contribution < 1.29 is 39.0 Å². The monoisotopic (exact) mass is 550 g/mol. The van der Waals surface area contributed by atoms with Gasteiger partial charge in [-0.15, -0.1) is 0 Å². The molecule has 0 bridgehead atoms. The molecule has 39 heavy (non-hydrogen) atoms. The summed E-state index contributed by atoms with van der Waals surface area (Å²) < 4.78 is 0. The summed E-state index contributed by atoms with van der Waals surface area (Å²) in [6.45, 7) is 0.335. The number of carbonyl (C=O) groups is 6. The first-order chi connectivity index (χ1) is 18.4. The number of hydrogen-bond acceptors (Lipinski definition) is 8. The maximum Gasteiger partial charge on any atom is 0.326 e. The molecule has 0 aliphatic rings. The number of nitrogens with one attached hydrogen (secondary N) is 3. The molecule has 0 heterocycles. The molecule has 0 fully saturated rings. The van der Waals surface area contributed by atoms with Gasteiger partial charge in [0.25, 0.3) is 0 Å². The van der Waals surface area contributed by atoms with E-state index in [2.05, 4.69) is 16.0 Å². The van der Waals surface area contributed by atoms with Gasteiger partial charge in [0.1, 0.15) is 18.1 Å². The summed E-state index contributed by atoms with van der Waals surface area (Å²) in [5.74, 6) is -5.58. The van der Waals surface area contributed by atoms with Gasteiger partial charge in [0, 0.05) is 19.3 Å². The van der Waals surface area contributed by atoms with Gasteiger partial charge in [0.2, 0.25) is 23.6 Å². The Hall–Kier alpha value is -4.04. The Bertz CT molecular complexity index is 990. The Balaban J connectivity index is 3.02. The molecule has 1 aromatic rings. The topological polar surface area (TPSA) is 257 Å². The highest BCUT2D eigenvalue weighted by Gasteiger charge is 2.30. The molecule has 0 radical (unpaired) electrons. The molecule has 0 aliphatic heterocycles. The molecule has 0 saturated heterocycles. The van der Waals surface area contributed by atoms with Gasteiger partial charge in [0.15, 0.2) is 0 Å². The first-order valence-corrected chi connectivity index (χ1v) is 12.6. The van der Waals surface area contributed by atoms with E-state index in [4.69, 9.17) is 22.3 Å². The highest BCUT2D eigenvalue weighted by Crippen LogP contribution is 2.08. The number of nitrogens with two attached hydrogens (primary N) is 3. The molecule has 0 saturated carbocycles. The van der Waals surface area contributed by atoms with Crippen LogP contribution in [0.2, 0.25) is 0 Å². The molecule has 1 aromatic carbocycles. The zero-order valence-corrected chi connectivity index (χ0v) is 21.6. The van der Waals surface area contributed by atoms with Crippen molar-refractivity contribution >= 4 is 35.6 Å². The molecular weight excluding hydrogens is 512 g/mol. The minimum Gasteiger partial charge on any atom is -0.481 e. The fraction of sp³-hybridized carbons (Fsp3) is 0.520. The van der Waals surface area contributed by atoms with E-state index in [9.17, 15) is 33.9 Å².